The zero-order chi connectivity index (χ0) is 21.8. The molecule has 1 saturated heterocycles. The standard InChI is InChI=1S/C25H32N2O4/c1-4-26-14-16-27(17-15-26)23(19-8-6-5-7-9-19)31-24(28)25(18-22(25)30-3)20-10-12-21(29-2)13-11-20/h5-13,22-23H,4,14-18H2,1-3H3/t22-,23?,25-/m0/s1. The van der Waals surface area contributed by atoms with Gasteiger partial charge in [0.15, 0.2) is 6.23 Å². The van der Waals surface area contributed by atoms with Crippen molar-refractivity contribution >= 4 is 5.97 Å². The Labute approximate surface area is 184 Å². The van der Waals surface area contributed by atoms with Gasteiger partial charge in [-0.05, 0) is 30.7 Å². The van der Waals surface area contributed by atoms with Crippen LogP contribution in [0.4, 0.5) is 0 Å². The van der Waals surface area contributed by atoms with Gasteiger partial charge in [-0.15, -0.1) is 0 Å². The van der Waals surface area contributed by atoms with Crippen LogP contribution < -0.4 is 4.74 Å². The molecule has 2 aromatic rings. The molecule has 2 aromatic carbocycles. The predicted molar refractivity (Wildman–Crippen MR) is 119 cm³/mol. The number of nitrogens with zero attached hydrogens (tertiary/aromatic N) is 2. The minimum absolute atomic E-state index is 0.179. The third-order valence-corrected chi connectivity index (χ3v) is 6.64. The first-order valence-electron chi connectivity index (χ1n) is 11.0. The third kappa shape index (κ3) is 4.33. The average molecular weight is 425 g/mol. The zero-order valence-corrected chi connectivity index (χ0v) is 18.6. The van der Waals surface area contributed by atoms with Crippen molar-refractivity contribution in [1.29, 1.82) is 0 Å². The van der Waals surface area contributed by atoms with Crippen molar-refractivity contribution < 1.29 is 19.0 Å². The van der Waals surface area contributed by atoms with Crippen molar-refractivity contribution in [2.75, 3.05) is 46.9 Å². The fourth-order valence-electron chi connectivity index (χ4n) is 4.53. The highest BCUT2D eigenvalue weighted by atomic mass is 16.6. The van der Waals surface area contributed by atoms with Gasteiger partial charge in [0.25, 0.3) is 0 Å². The van der Waals surface area contributed by atoms with Crippen LogP contribution in [0.1, 0.15) is 30.7 Å². The first kappa shape index (κ1) is 21.8. The first-order chi connectivity index (χ1) is 15.1. The van der Waals surface area contributed by atoms with Crippen LogP contribution in [0.3, 0.4) is 0 Å². The van der Waals surface area contributed by atoms with E-state index < -0.39 is 11.6 Å². The maximum atomic E-state index is 13.6. The average Bonchev–Trinajstić information content (AvgIpc) is 3.59. The van der Waals surface area contributed by atoms with Gasteiger partial charge in [0.05, 0.1) is 13.2 Å². The summed E-state index contributed by atoms with van der Waals surface area (Å²) in [6.07, 6.45) is 0.0439. The van der Waals surface area contributed by atoms with Crippen LogP contribution in [0.25, 0.3) is 0 Å². The number of piperazine rings is 1. The van der Waals surface area contributed by atoms with Gasteiger partial charge in [-0.1, -0.05) is 49.4 Å². The summed E-state index contributed by atoms with van der Waals surface area (Å²) in [5.74, 6) is 0.536. The number of likely N-dealkylation sites (N-methyl/N-ethyl adjacent to an activating group) is 1. The van der Waals surface area contributed by atoms with E-state index in [2.05, 4.69) is 16.7 Å². The largest absolute Gasteiger partial charge is 0.497 e. The van der Waals surface area contributed by atoms with Gasteiger partial charge in [0.2, 0.25) is 0 Å². The molecule has 3 atom stereocenters. The molecule has 0 amide bonds. The second kappa shape index (κ2) is 9.39. The quantitative estimate of drug-likeness (QED) is 0.607. The molecule has 6 nitrogen and oxygen atoms in total. The van der Waals surface area contributed by atoms with E-state index in [0.717, 1.165) is 49.6 Å². The van der Waals surface area contributed by atoms with E-state index >= 15 is 0 Å². The number of hydrogen-bond acceptors (Lipinski definition) is 6. The fourth-order valence-corrected chi connectivity index (χ4v) is 4.53. The molecule has 166 valence electrons. The van der Waals surface area contributed by atoms with E-state index in [1.807, 2.05) is 54.6 Å². The maximum absolute atomic E-state index is 13.6. The molecule has 0 N–H and O–H groups in total. The molecular weight excluding hydrogens is 392 g/mol. The summed E-state index contributed by atoms with van der Waals surface area (Å²) in [6.45, 7) is 6.90. The lowest BCUT2D eigenvalue weighted by molar-refractivity contribution is -0.166. The summed E-state index contributed by atoms with van der Waals surface area (Å²) in [6, 6.07) is 17.7. The normalized spacial score (nSPS) is 25.1. The van der Waals surface area contributed by atoms with Gasteiger partial charge in [-0.2, -0.15) is 0 Å². The van der Waals surface area contributed by atoms with E-state index in [9.17, 15) is 4.79 Å². The number of carbonyl (C=O) groups excluding carboxylic acids is 1. The summed E-state index contributed by atoms with van der Waals surface area (Å²) < 4.78 is 17.2. The van der Waals surface area contributed by atoms with Crippen molar-refractivity contribution in [3.05, 3.63) is 65.7 Å². The Morgan fingerprint density at radius 3 is 2.26 bits per heavy atom. The Hall–Kier alpha value is -2.41. The van der Waals surface area contributed by atoms with Crippen LogP contribution in [0, 0.1) is 0 Å². The zero-order valence-electron chi connectivity index (χ0n) is 18.6. The predicted octanol–water partition coefficient (Wildman–Crippen LogP) is 3.23. The topological polar surface area (TPSA) is 51.2 Å². The van der Waals surface area contributed by atoms with E-state index in [1.54, 1.807) is 14.2 Å². The fraction of sp³-hybridized carbons (Fsp3) is 0.480. The summed E-state index contributed by atoms with van der Waals surface area (Å²) in [4.78, 5) is 18.3. The number of methoxy groups -OCH3 is 2. The van der Waals surface area contributed by atoms with Gasteiger partial charge in [0, 0.05) is 38.9 Å². The molecule has 4 rings (SSSR count). The lowest BCUT2D eigenvalue weighted by Gasteiger charge is -2.39. The smallest absolute Gasteiger partial charge is 0.321 e. The second-order valence-electron chi connectivity index (χ2n) is 8.27. The number of esters is 1. The summed E-state index contributed by atoms with van der Waals surface area (Å²) in [5.41, 5.74) is 1.15. The minimum Gasteiger partial charge on any atom is -0.497 e. The SMILES string of the molecule is CCN1CCN(C(OC(=O)[C@]2(c3ccc(OC)cc3)C[C@@H]2OC)c2ccccc2)CC1. The number of ether oxygens (including phenoxy) is 3. The lowest BCUT2D eigenvalue weighted by atomic mass is 9.95. The molecule has 2 aliphatic rings. The minimum atomic E-state index is -0.765. The van der Waals surface area contributed by atoms with Gasteiger partial charge in [-0.25, -0.2) is 0 Å². The molecule has 6 heteroatoms. The summed E-state index contributed by atoms with van der Waals surface area (Å²) >= 11 is 0. The summed E-state index contributed by atoms with van der Waals surface area (Å²) in [5, 5.41) is 0. The molecule has 0 bridgehead atoms. The monoisotopic (exact) mass is 424 g/mol. The Morgan fingerprint density at radius 2 is 1.71 bits per heavy atom. The van der Waals surface area contributed by atoms with E-state index in [4.69, 9.17) is 14.2 Å². The lowest BCUT2D eigenvalue weighted by Crippen LogP contribution is -2.48. The van der Waals surface area contributed by atoms with Gasteiger partial charge in [-0.3, -0.25) is 9.69 Å². The molecular formula is C25H32N2O4. The molecule has 1 saturated carbocycles. The summed E-state index contributed by atoms with van der Waals surface area (Å²) in [7, 11) is 3.29. The second-order valence-corrected chi connectivity index (χ2v) is 8.27. The number of rotatable bonds is 8. The molecule has 0 aromatic heterocycles. The van der Waals surface area contributed by atoms with Crippen LogP contribution in [0.2, 0.25) is 0 Å². The molecule has 2 fully saturated rings. The molecule has 0 radical (unpaired) electrons. The molecule has 31 heavy (non-hydrogen) atoms. The van der Waals surface area contributed by atoms with Crippen molar-refractivity contribution in [3.63, 3.8) is 0 Å². The van der Waals surface area contributed by atoms with Crippen molar-refractivity contribution in [2.24, 2.45) is 0 Å². The van der Waals surface area contributed by atoms with Gasteiger partial charge >= 0.3 is 5.97 Å². The number of benzene rings is 2. The Morgan fingerprint density at radius 1 is 1.03 bits per heavy atom. The highest BCUT2D eigenvalue weighted by Gasteiger charge is 2.64. The van der Waals surface area contributed by atoms with Crippen LogP contribution >= 0.6 is 0 Å². The third-order valence-electron chi connectivity index (χ3n) is 6.64. The van der Waals surface area contributed by atoms with E-state index in [0.29, 0.717) is 6.42 Å². The van der Waals surface area contributed by atoms with E-state index in [-0.39, 0.29) is 12.1 Å². The number of carbonyl (C=O) groups is 1. The van der Waals surface area contributed by atoms with Crippen LogP contribution in [-0.2, 0) is 19.7 Å². The van der Waals surface area contributed by atoms with Gasteiger partial charge in [0.1, 0.15) is 11.2 Å². The Balaban J connectivity index is 1.58. The van der Waals surface area contributed by atoms with Crippen molar-refractivity contribution in [3.8, 4) is 5.75 Å². The maximum Gasteiger partial charge on any atom is 0.321 e. The van der Waals surface area contributed by atoms with Crippen molar-refractivity contribution in [1.82, 2.24) is 9.80 Å². The van der Waals surface area contributed by atoms with Crippen LogP contribution in [0.15, 0.2) is 54.6 Å². The Kier molecular flexibility index (Phi) is 6.60. The molecule has 1 aliphatic heterocycles. The highest BCUT2D eigenvalue weighted by molar-refractivity contribution is 5.88. The molecule has 1 aliphatic carbocycles. The van der Waals surface area contributed by atoms with Crippen LogP contribution in [-0.4, -0.2) is 68.8 Å². The molecule has 1 unspecified atom stereocenters. The first-order valence-corrected chi connectivity index (χ1v) is 11.0. The van der Waals surface area contributed by atoms with Gasteiger partial charge < -0.3 is 19.1 Å². The van der Waals surface area contributed by atoms with Crippen LogP contribution in [0.5, 0.6) is 5.75 Å². The van der Waals surface area contributed by atoms with Crippen molar-refractivity contribution in [2.45, 2.75) is 31.1 Å². The Bertz CT molecular complexity index is 865. The molecule has 0 spiro atoms. The number of hydrogen-bond donors (Lipinski definition) is 0. The highest BCUT2D eigenvalue weighted by Crippen LogP contribution is 2.52. The molecule has 1 heterocycles. The van der Waals surface area contributed by atoms with E-state index in [1.165, 1.54) is 0 Å².